The van der Waals surface area contributed by atoms with Gasteiger partial charge in [-0.25, -0.2) is 0 Å². The zero-order valence-electron chi connectivity index (χ0n) is 11.6. The number of amides is 1. The Balaban J connectivity index is 1.73. The molecule has 0 heterocycles. The third-order valence-electron chi connectivity index (χ3n) is 2.90. The maximum absolute atomic E-state index is 10.9. The van der Waals surface area contributed by atoms with Gasteiger partial charge in [-0.15, -0.1) is 0 Å². The van der Waals surface area contributed by atoms with Crippen LogP contribution in [0.1, 0.15) is 18.9 Å². The second-order valence-corrected chi connectivity index (χ2v) is 4.64. The van der Waals surface area contributed by atoms with Gasteiger partial charge < -0.3 is 10.1 Å². The Morgan fingerprint density at radius 1 is 1.05 bits per heavy atom. The molecule has 2 aromatic rings. The summed E-state index contributed by atoms with van der Waals surface area (Å²) in [6.45, 7) is 2.18. The molecule has 1 N–H and O–H groups in total. The first-order chi connectivity index (χ1) is 9.74. The normalized spacial score (nSPS) is 10.1. The predicted molar refractivity (Wildman–Crippen MR) is 81.0 cm³/mol. The number of ether oxygens (including phenoxy) is 1. The van der Waals surface area contributed by atoms with Crippen LogP contribution in [0.25, 0.3) is 0 Å². The monoisotopic (exact) mass is 269 g/mol. The van der Waals surface area contributed by atoms with Crippen molar-refractivity contribution in [3.8, 4) is 5.75 Å². The van der Waals surface area contributed by atoms with E-state index in [1.807, 2.05) is 30.3 Å². The predicted octanol–water partition coefficient (Wildman–Crippen LogP) is 3.66. The van der Waals surface area contributed by atoms with Crippen molar-refractivity contribution in [3.05, 3.63) is 60.2 Å². The van der Waals surface area contributed by atoms with Gasteiger partial charge in [0.15, 0.2) is 0 Å². The van der Waals surface area contributed by atoms with Gasteiger partial charge in [0, 0.05) is 12.6 Å². The van der Waals surface area contributed by atoms with Crippen LogP contribution < -0.4 is 10.1 Å². The largest absolute Gasteiger partial charge is 0.494 e. The van der Waals surface area contributed by atoms with Crippen molar-refractivity contribution in [3.63, 3.8) is 0 Å². The quantitative estimate of drug-likeness (QED) is 0.813. The summed E-state index contributed by atoms with van der Waals surface area (Å²) in [5.41, 5.74) is 2.12. The van der Waals surface area contributed by atoms with Crippen molar-refractivity contribution in [1.82, 2.24) is 0 Å². The van der Waals surface area contributed by atoms with Gasteiger partial charge in [0.2, 0.25) is 5.91 Å². The van der Waals surface area contributed by atoms with Gasteiger partial charge in [-0.1, -0.05) is 30.3 Å². The van der Waals surface area contributed by atoms with Crippen LogP contribution in [0, 0.1) is 0 Å². The Labute approximate surface area is 119 Å². The highest BCUT2D eigenvalue weighted by molar-refractivity contribution is 5.88. The van der Waals surface area contributed by atoms with E-state index in [2.05, 4.69) is 29.6 Å². The number of nitrogens with one attached hydrogen (secondary N) is 1. The van der Waals surface area contributed by atoms with Gasteiger partial charge in [-0.2, -0.15) is 0 Å². The molecule has 0 aliphatic rings. The molecule has 3 heteroatoms. The molecule has 0 saturated carbocycles. The molecule has 0 radical (unpaired) electrons. The maximum atomic E-state index is 10.9. The van der Waals surface area contributed by atoms with E-state index in [4.69, 9.17) is 4.74 Å². The third kappa shape index (κ3) is 4.76. The van der Waals surface area contributed by atoms with Crippen LogP contribution in [-0.2, 0) is 11.2 Å². The first-order valence-electron chi connectivity index (χ1n) is 6.78. The number of aryl methyl sites for hydroxylation is 1. The summed E-state index contributed by atoms with van der Waals surface area (Å²) < 4.78 is 5.67. The second kappa shape index (κ2) is 7.34. The van der Waals surface area contributed by atoms with Crippen LogP contribution in [0.15, 0.2) is 54.6 Å². The van der Waals surface area contributed by atoms with Crippen LogP contribution in [0.3, 0.4) is 0 Å². The summed E-state index contributed by atoms with van der Waals surface area (Å²) in [7, 11) is 0. The fourth-order valence-corrected chi connectivity index (χ4v) is 1.95. The minimum Gasteiger partial charge on any atom is -0.494 e. The standard InChI is InChI=1S/C17H19NO2/c1-14(19)18-16-9-11-17(12-10-16)20-13-5-8-15-6-3-2-4-7-15/h2-4,6-7,9-12H,5,8,13H2,1H3,(H,18,19). The Kier molecular flexibility index (Phi) is 5.18. The van der Waals surface area contributed by atoms with Crippen LogP contribution >= 0.6 is 0 Å². The Morgan fingerprint density at radius 2 is 1.75 bits per heavy atom. The fourth-order valence-electron chi connectivity index (χ4n) is 1.95. The molecular formula is C17H19NO2. The van der Waals surface area contributed by atoms with E-state index in [0.29, 0.717) is 6.61 Å². The molecule has 0 aliphatic carbocycles. The van der Waals surface area contributed by atoms with E-state index in [-0.39, 0.29) is 5.91 Å². The molecular weight excluding hydrogens is 250 g/mol. The fraction of sp³-hybridized carbons (Fsp3) is 0.235. The highest BCUT2D eigenvalue weighted by Gasteiger charge is 1.98. The van der Waals surface area contributed by atoms with Gasteiger partial charge in [0.25, 0.3) is 0 Å². The molecule has 0 aliphatic heterocycles. The molecule has 3 nitrogen and oxygen atoms in total. The summed E-state index contributed by atoms with van der Waals surface area (Å²) >= 11 is 0. The molecule has 0 atom stereocenters. The number of anilines is 1. The Hall–Kier alpha value is -2.29. The van der Waals surface area contributed by atoms with Crippen molar-refractivity contribution >= 4 is 11.6 Å². The zero-order valence-corrected chi connectivity index (χ0v) is 11.6. The molecule has 0 spiro atoms. The van der Waals surface area contributed by atoms with E-state index in [1.165, 1.54) is 12.5 Å². The molecule has 20 heavy (non-hydrogen) atoms. The highest BCUT2D eigenvalue weighted by atomic mass is 16.5. The van der Waals surface area contributed by atoms with E-state index in [1.54, 1.807) is 0 Å². The van der Waals surface area contributed by atoms with E-state index in [0.717, 1.165) is 24.3 Å². The van der Waals surface area contributed by atoms with Crippen molar-refractivity contribution in [1.29, 1.82) is 0 Å². The first kappa shape index (κ1) is 14.1. The number of hydrogen-bond donors (Lipinski definition) is 1. The van der Waals surface area contributed by atoms with Crippen molar-refractivity contribution in [2.24, 2.45) is 0 Å². The van der Waals surface area contributed by atoms with Gasteiger partial charge in [0.1, 0.15) is 5.75 Å². The summed E-state index contributed by atoms with van der Waals surface area (Å²) in [5, 5.41) is 2.73. The lowest BCUT2D eigenvalue weighted by Crippen LogP contribution is -2.05. The summed E-state index contributed by atoms with van der Waals surface area (Å²) in [5.74, 6) is 0.758. The lowest BCUT2D eigenvalue weighted by Gasteiger charge is -2.07. The zero-order chi connectivity index (χ0) is 14.2. The average molecular weight is 269 g/mol. The van der Waals surface area contributed by atoms with Crippen molar-refractivity contribution in [2.45, 2.75) is 19.8 Å². The second-order valence-electron chi connectivity index (χ2n) is 4.64. The number of carbonyl (C=O) groups excluding carboxylic acids is 1. The summed E-state index contributed by atoms with van der Waals surface area (Å²) in [4.78, 5) is 10.9. The van der Waals surface area contributed by atoms with Crippen molar-refractivity contribution < 1.29 is 9.53 Å². The molecule has 0 saturated heterocycles. The molecule has 0 fully saturated rings. The lowest BCUT2D eigenvalue weighted by molar-refractivity contribution is -0.114. The van der Waals surface area contributed by atoms with Gasteiger partial charge in [-0.05, 0) is 42.7 Å². The van der Waals surface area contributed by atoms with E-state index < -0.39 is 0 Å². The highest BCUT2D eigenvalue weighted by Crippen LogP contribution is 2.16. The van der Waals surface area contributed by atoms with Crippen LogP contribution in [-0.4, -0.2) is 12.5 Å². The van der Waals surface area contributed by atoms with Crippen LogP contribution in [0.5, 0.6) is 5.75 Å². The molecule has 0 bridgehead atoms. The summed E-state index contributed by atoms with van der Waals surface area (Å²) in [6.07, 6.45) is 2.00. The Morgan fingerprint density at radius 3 is 2.40 bits per heavy atom. The van der Waals surface area contributed by atoms with Gasteiger partial charge >= 0.3 is 0 Å². The molecule has 2 aromatic carbocycles. The Bertz CT molecular complexity index is 535. The van der Waals surface area contributed by atoms with E-state index >= 15 is 0 Å². The third-order valence-corrected chi connectivity index (χ3v) is 2.90. The molecule has 2 rings (SSSR count). The molecule has 1 amide bonds. The summed E-state index contributed by atoms with van der Waals surface area (Å²) in [6, 6.07) is 17.8. The lowest BCUT2D eigenvalue weighted by atomic mass is 10.1. The number of carbonyl (C=O) groups is 1. The smallest absolute Gasteiger partial charge is 0.221 e. The maximum Gasteiger partial charge on any atom is 0.221 e. The molecule has 0 unspecified atom stereocenters. The molecule has 104 valence electrons. The van der Waals surface area contributed by atoms with E-state index in [9.17, 15) is 4.79 Å². The van der Waals surface area contributed by atoms with Gasteiger partial charge in [-0.3, -0.25) is 4.79 Å². The SMILES string of the molecule is CC(=O)Nc1ccc(OCCCc2ccccc2)cc1. The number of rotatable bonds is 6. The minimum absolute atomic E-state index is 0.0680. The topological polar surface area (TPSA) is 38.3 Å². The van der Waals surface area contributed by atoms with Crippen LogP contribution in [0.4, 0.5) is 5.69 Å². The van der Waals surface area contributed by atoms with Crippen LogP contribution in [0.2, 0.25) is 0 Å². The average Bonchev–Trinajstić information content (AvgIpc) is 2.46. The molecule has 0 aromatic heterocycles. The van der Waals surface area contributed by atoms with Gasteiger partial charge in [0.05, 0.1) is 6.61 Å². The number of hydrogen-bond acceptors (Lipinski definition) is 2. The minimum atomic E-state index is -0.0680. The first-order valence-corrected chi connectivity index (χ1v) is 6.78. The number of benzene rings is 2. The van der Waals surface area contributed by atoms with Crippen molar-refractivity contribution in [2.75, 3.05) is 11.9 Å².